The van der Waals surface area contributed by atoms with Crippen LogP contribution < -0.4 is 5.32 Å². The Balaban J connectivity index is 2.33. The highest BCUT2D eigenvalue weighted by molar-refractivity contribution is 4.76. The van der Waals surface area contributed by atoms with E-state index in [-0.39, 0.29) is 0 Å². The van der Waals surface area contributed by atoms with Gasteiger partial charge in [-0.2, -0.15) is 0 Å². The molecule has 1 fully saturated rings. The number of rotatable bonds is 9. The van der Waals surface area contributed by atoms with Gasteiger partial charge in [0.2, 0.25) is 0 Å². The third-order valence-corrected chi connectivity index (χ3v) is 4.22. The van der Waals surface area contributed by atoms with Crippen LogP contribution in [0.3, 0.4) is 0 Å². The topological polar surface area (TPSA) is 24.5 Å². The van der Waals surface area contributed by atoms with E-state index in [1.54, 1.807) is 7.11 Å². The maximum absolute atomic E-state index is 5.25. The van der Waals surface area contributed by atoms with E-state index in [4.69, 9.17) is 4.74 Å². The molecule has 1 aliphatic rings. The highest BCUT2D eigenvalue weighted by atomic mass is 16.5. The summed E-state index contributed by atoms with van der Waals surface area (Å²) < 4.78 is 5.25. The number of methoxy groups -OCH3 is 1. The van der Waals surface area contributed by atoms with Gasteiger partial charge in [-0.3, -0.25) is 4.90 Å². The van der Waals surface area contributed by atoms with Crippen LogP contribution >= 0.6 is 0 Å². The van der Waals surface area contributed by atoms with Crippen LogP contribution in [0.25, 0.3) is 0 Å². The quantitative estimate of drug-likeness (QED) is 0.686. The highest BCUT2D eigenvalue weighted by Gasteiger charge is 2.18. The summed E-state index contributed by atoms with van der Waals surface area (Å²) in [6.45, 7) is 8.96. The summed E-state index contributed by atoms with van der Waals surface area (Å²) >= 11 is 0. The molecule has 0 aromatic rings. The Labute approximate surface area is 113 Å². The fourth-order valence-electron chi connectivity index (χ4n) is 2.98. The smallest absolute Gasteiger partial charge is 0.0589 e. The van der Waals surface area contributed by atoms with Crippen molar-refractivity contribution in [2.24, 2.45) is 0 Å². The summed E-state index contributed by atoms with van der Waals surface area (Å²) in [4.78, 5) is 2.62. The molecule has 1 saturated heterocycles. The molecule has 1 unspecified atom stereocenters. The predicted molar refractivity (Wildman–Crippen MR) is 78.1 cm³/mol. The van der Waals surface area contributed by atoms with Gasteiger partial charge in [-0.05, 0) is 45.2 Å². The molecule has 1 rings (SSSR count). The summed E-state index contributed by atoms with van der Waals surface area (Å²) in [7, 11) is 1.80. The van der Waals surface area contributed by atoms with Crippen molar-refractivity contribution in [3.63, 3.8) is 0 Å². The van der Waals surface area contributed by atoms with Crippen molar-refractivity contribution in [2.45, 2.75) is 64.5 Å². The molecule has 1 heterocycles. The van der Waals surface area contributed by atoms with Gasteiger partial charge in [0.1, 0.15) is 0 Å². The van der Waals surface area contributed by atoms with Gasteiger partial charge in [-0.15, -0.1) is 0 Å². The van der Waals surface area contributed by atoms with Gasteiger partial charge in [0, 0.05) is 25.7 Å². The monoisotopic (exact) mass is 256 g/mol. The second-order valence-corrected chi connectivity index (χ2v) is 5.43. The van der Waals surface area contributed by atoms with Gasteiger partial charge in [-0.1, -0.05) is 20.3 Å². The number of ether oxygens (including phenoxy) is 1. The number of nitrogens with one attached hydrogen (secondary N) is 1. The number of hydrogen-bond acceptors (Lipinski definition) is 3. The molecule has 0 saturated carbocycles. The normalized spacial score (nSPS) is 20.8. The van der Waals surface area contributed by atoms with E-state index in [0.29, 0.717) is 0 Å². The summed E-state index contributed by atoms with van der Waals surface area (Å²) in [5, 5.41) is 3.65. The van der Waals surface area contributed by atoms with Crippen molar-refractivity contribution in [3.05, 3.63) is 0 Å². The molecule has 0 bridgehead atoms. The first kappa shape index (κ1) is 15.9. The minimum Gasteiger partial charge on any atom is -0.383 e. The van der Waals surface area contributed by atoms with E-state index in [9.17, 15) is 0 Å². The number of nitrogens with zero attached hydrogens (tertiary/aromatic N) is 1. The molecule has 0 aliphatic carbocycles. The van der Waals surface area contributed by atoms with E-state index < -0.39 is 0 Å². The molecule has 3 heteroatoms. The van der Waals surface area contributed by atoms with Crippen LogP contribution in [0.15, 0.2) is 0 Å². The predicted octanol–water partition coefficient (Wildman–Crippen LogP) is 2.66. The Kier molecular flexibility index (Phi) is 8.64. The van der Waals surface area contributed by atoms with Crippen molar-refractivity contribution in [1.29, 1.82) is 0 Å². The number of piperidine rings is 1. The van der Waals surface area contributed by atoms with Crippen molar-refractivity contribution in [1.82, 2.24) is 10.2 Å². The zero-order chi connectivity index (χ0) is 13.2. The molecule has 0 amide bonds. The van der Waals surface area contributed by atoms with Crippen molar-refractivity contribution < 1.29 is 4.74 Å². The lowest BCUT2D eigenvalue weighted by Gasteiger charge is -2.32. The van der Waals surface area contributed by atoms with E-state index in [1.807, 2.05) is 0 Å². The van der Waals surface area contributed by atoms with Crippen molar-refractivity contribution >= 4 is 0 Å². The van der Waals surface area contributed by atoms with Gasteiger partial charge in [0.25, 0.3) is 0 Å². The molecule has 0 spiro atoms. The zero-order valence-corrected chi connectivity index (χ0v) is 12.6. The van der Waals surface area contributed by atoms with E-state index in [1.165, 1.54) is 51.6 Å². The molecular formula is C15H32N2O. The molecule has 1 N–H and O–H groups in total. The minimum absolute atomic E-state index is 0.726. The molecule has 0 aromatic heterocycles. The lowest BCUT2D eigenvalue weighted by Crippen LogP contribution is -2.42. The van der Waals surface area contributed by atoms with E-state index >= 15 is 0 Å². The Morgan fingerprint density at radius 3 is 2.56 bits per heavy atom. The third-order valence-electron chi connectivity index (χ3n) is 4.22. The standard InChI is InChI=1S/C15H32N2O/c1-4-15(5-2)17(12-13-18-3)11-9-14-8-6-7-10-16-14/h14-16H,4-13H2,1-3H3. The van der Waals surface area contributed by atoms with Crippen LogP contribution in [0.5, 0.6) is 0 Å². The molecule has 1 atom stereocenters. The second kappa shape index (κ2) is 9.76. The largest absolute Gasteiger partial charge is 0.383 e. The zero-order valence-electron chi connectivity index (χ0n) is 12.6. The number of hydrogen-bond donors (Lipinski definition) is 1. The fraction of sp³-hybridized carbons (Fsp3) is 1.00. The molecule has 18 heavy (non-hydrogen) atoms. The summed E-state index contributed by atoms with van der Waals surface area (Å²) in [6.07, 6.45) is 7.91. The molecule has 1 aliphatic heterocycles. The lowest BCUT2D eigenvalue weighted by atomic mass is 10.0. The van der Waals surface area contributed by atoms with Crippen LogP contribution in [-0.2, 0) is 4.74 Å². The Morgan fingerprint density at radius 1 is 1.22 bits per heavy atom. The van der Waals surface area contributed by atoms with Crippen LogP contribution in [0.2, 0.25) is 0 Å². The highest BCUT2D eigenvalue weighted by Crippen LogP contribution is 2.14. The van der Waals surface area contributed by atoms with Gasteiger partial charge in [0.15, 0.2) is 0 Å². The van der Waals surface area contributed by atoms with Crippen LogP contribution in [0, 0.1) is 0 Å². The van der Waals surface area contributed by atoms with Gasteiger partial charge in [0.05, 0.1) is 6.61 Å². The minimum atomic E-state index is 0.726. The van der Waals surface area contributed by atoms with Crippen LogP contribution in [0.1, 0.15) is 52.4 Å². The average molecular weight is 256 g/mol. The summed E-state index contributed by atoms with van der Waals surface area (Å²) in [5.41, 5.74) is 0. The van der Waals surface area contributed by atoms with E-state index in [0.717, 1.165) is 25.2 Å². The first-order valence-electron chi connectivity index (χ1n) is 7.78. The van der Waals surface area contributed by atoms with Gasteiger partial charge in [-0.25, -0.2) is 0 Å². The van der Waals surface area contributed by atoms with Gasteiger partial charge >= 0.3 is 0 Å². The first-order chi connectivity index (χ1) is 8.81. The lowest BCUT2D eigenvalue weighted by molar-refractivity contribution is 0.110. The van der Waals surface area contributed by atoms with Crippen molar-refractivity contribution in [2.75, 3.05) is 33.4 Å². The molecule has 3 nitrogen and oxygen atoms in total. The molecule has 108 valence electrons. The van der Waals surface area contributed by atoms with Crippen molar-refractivity contribution in [3.8, 4) is 0 Å². The SMILES string of the molecule is CCC(CC)N(CCOC)CCC1CCCCN1. The summed E-state index contributed by atoms with van der Waals surface area (Å²) in [5.74, 6) is 0. The van der Waals surface area contributed by atoms with Crippen LogP contribution in [0.4, 0.5) is 0 Å². The summed E-state index contributed by atoms with van der Waals surface area (Å²) in [6, 6.07) is 1.47. The second-order valence-electron chi connectivity index (χ2n) is 5.43. The maximum atomic E-state index is 5.25. The van der Waals surface area contributed by atoms with Gasteiger partial charge < -0.3 is 10.1 Å². The third kappa shape index (κ3) is 5.68. The Hall–Kier alpha value is -0.120. The average Bonchev–Trinajstić information content (AvgIpc) is 2.43. The molecular weight excluding hydrogens is 224 g/mol. The van der Waals surface area contributed by atoms with E-state index in [2.05, 4.69) is 24.1 Å². The molecule has 0 aromatic carbocycles. The molecule has 0 radical (unpaired) electrons. The Morgan fingerprint density at radius 2 is 2.00 bits per heavy atom. The van der Waals surface area contributed by atoms with Crippen LogP contribution in [-0.4, -0.2) is 50.3 Å². The first-order valence-corrected chi connectivity index (χ1v) is 7.78. The maximum Gasteiger partial charge on any atom is 0.0589 e. The Bertz CT molecular complexity index is 189. The fourth-order valence-corrected chi connectivity index (χ4v) is 2.98.